The summed E-state index contributed by atoms with van der Waals surface area (Å²) in [5.74, 6) is 0.634. The summed E-state index contributed by atoms with van der Waals surface area (Å²) in [6.07, 6.45) is 3.45. The molecule has 0 aliphatic carbocycles. The molecule has 86 valence electrons. The van der Waals surface area contributed by atoms with Crippen LogP contribution in [-0.2, 0) is 7.05 Å². The predicted molar refractivity (Wildman–Crippen MR) is 65.8 cm³/mol. The Morgan fingerprint density at radius 3 is 2.88 bits per heavy atom. The molecule has 2 aromatic rings. The minimum Gasteiger partial charge on any atom is -0.382 e. The quantitative estimate of drug-likeness (QED) is 0.727. The highest BCUT2D eigenvalue weighted by molar-refractivity contribution is 5.80. The highest BCUT2D eigenvalue weighted by atomic mass is 15.1. The van der Waals surface area contributed by atoms with Crippen LogP contribution in [-0.4, -0.2) is 33.5 Å². The molecule has 0 unspecified atom stereocenters. The van der Waals surface area contributed by atoms with Crippen molar-refractivity contribution in [3.05, 3.63) is 30.4 Å². The highest BCUT2D eigenvalue weighted by Crippen LogP contribution is 2.18. The van der Waals surface area contributed by atoms with Gasteiger partial charge >= 0.3 is 0 Å². The first kappa shape index (κ1) is 11.1. The van der Waals surface area contributed by atoms with Crippen molar-refractivity contribution in [3.8, 4) is 6.07 Å². The van der Waals surface area contributed by atoms with E-state index in [0.29, 0.717) is 17.0 Å². The van der Waals surface area contributed by atoms with Crippen LogP contribution >= 0.6 is 0 Å². The second-order valence-corrected chi connectivity index (χ2v) is 3.96. The Balaban J connectivity index is 2.64. The molecule has 0 bridgehead atoms. The molecule has 5 heteroatoms. The van der Waals surface area contributed by atoms with Gasteiger partial charge in [-0.2, -0.15) is 5.26 Å². The third-order valence-corrected chi connectivity index (χ3v) is 2.41. The van der Waals surface area contributed by atoms with E-state index in [1.807, 2.05) is 42.7 Å². The first-order chi connectivity index (χ1) is 8.13. The van der Waals surface area contributed by atoms with Crippen LogP contribution in [0, 0.1) is 11.3 Å². The second kappa shape index (κ2) is 4.26. The second-order valence-electron chi connectivity index (χ2n) is 3.96. The van der Waals surface area contributed by atoms with Gasteiger partial charge < -0.3 is 9.47 Å². The fourth-order valence-electron chi connectivity index (χ4n) is 1.66. The molecule has 0 atom stereocenters. The number of nitrogens with zero attached hydrogens (tertiary/aromatic N) is 5. The van der Waals surface area contributed by atoms with Gasteiger partial charge in [0.05, 0.1) is 5.52 Å². The van der Waals surface area contributed by atoms with Crippen molar-refractivity contribution >= 4 is 16.7 Å². The van der Waals surface area contributed by atoms with Gasteiger partial charge in [-0.15, -0.1) is 0 Å². The van der Waals surface area contributed by atoms with Gasteiger partial charge in [0.25, 0.3) is 0 Å². The first-order valence-corrected chi connectivity index (χ1v) is 5.19. The zero-order chi connectivity index (χ0) is 12.4. The van der Waals surface area contributed by atoms with Crippen molar-refractivity contribution in [2.24, 2.45) is 7.05 Å². The molecule has 2 heterocycles. The Hall–Kier alpha value is -2.35. The smallest absolute Gasteiger partial charge is 0.178 e. The molecule has 17 heavy (non-hydrogen) atoms. The molecule has 0 saturated carbocycles. The van der Waals surface area contributed by atoms with Crippen molar-refractivity contribution in [1.29, 1.82) is 5.26 Å². The van der Waals surface area contributed by atoms with Crippen molar-refractivity contribution in [2.45, 2.75) is 0 Å². The van der Waals surface area contributed by atoms with Crippen LogP contribution in [0.25, 0.3) is 16.7 Å². The summed E-state index contributed by atoms with van der Waals surface area (Å²) in [4.78, 5) is 10.4. The summed E-state index contributed by atoms with van der Waals surface area (Å²) in [5, 5.41) is 9.16. The van der Waals surface area contributed by atoms with Gasteiger partial charge in [0.2, 0.25) is 0 Å². The Kier molecular flexibility index (Phi) is 2.79. The van der Waals surface area contributed by atoms with Gasteiger partial charge in [0.15, 0.2) is 11.5 Å². The molecule has 0 radical (unpaired) electrons. The Labute approximate surface area is 99.6 Å². The van der Waals surface area contributed by atoms with Crippen LogP contribution in [0.3, 0.4) is 0 Å². The molecular weight excluding hydrogens is 214 g/mol. The average molecular weight is 227 g/mol. The number of aromatic nitrogens is 3. The van der Waals surface area contributed by atoms with Crippen molar-refractivity contribution in [1.82, 2.24) is 19.4 Å². The summed E-state index contributed by atoms with van der Waals surface area (Å²) < 4.78 is 1.88. The largest absolute Gasteiger partial charge is 0.382 e. The van der Waals surface area contributed by atoms with E-state index in [1.165, 1.54) is 0 Å². The van der Waals surface area contributed by atoms with Crippen LogP contribution in [0.5, 0.6) is 0 Å². The Morgan fingerprint density at radius 2 is 2.29 bits per heavy atom. The van der Waals surface area contributed by atoms with E-state index in [1.54, 1.807) is 12.4 Å². The SMILES string of the molecule is CN(C)/C=C(\C#N)c1nc2ncccc2n1C. The Morgan fingerprint density at radius 1 is 1.53 bits per heavy atom. The van der Waals surface area contributed by atoms with Crippen molar-refractivity contribution in [2.75, 3.05) is 14.1 Å². The van der Waals surface area contributed by atoms with Gasteiger partial charge in [0, 0.05) is 33.5 Å². The number of hydrogen-bond acceptors (Lipinski definition) is 4. The number of nitriles is 1. The van der Waals surface area contributed by atoms with E-state index < -0.39 is 0 Å². The van der Waals surface area contributed by atoms with E-state index in [2.05, 4.69) is 16.0 Å². The van der Waals surface area contributed by atoms with Crippen LogP contribution in [0.2, 0.25) is 0 Å². The molecule has 5 nitrogen and oxygen atoms in total. The lowest BCUT2D eigenvalue weighted by atomic mass is 10.3. The van der Waals surface area contributed by atoms with Gasteiger partial charge in [0.1, 0.15) is 11.6 Å². The summed E-state index contributed by atoms with van der Waals surface area (Å²) in [6.45, 7) is 0. The minimum absolute atomic E-state index is 0.524. The molecule has 0 aliphatic heterocycles. The molecular formula is C12H13N5. The van der Waals surface area contributed by atoms with Crippen LogP contribution in [0.4, 0.5) is 0 Å². The van der Waals surface area contributed by atoms with Crippen molar-refractivity contribution in [3.63, 3.8) is 0 Å². The first-order valence-electron chi connectivity index (χ1n) is 5.19. The fraction of sp³-hybridized carbons (Fsp3) is 0.250. The summed E-state index contributed by atoms with van der Waals surface area (Å²) in [7, 11) is 5.63. The predicted octanol–water partition coefficient (Wildman–Crippen LogP) is 1.39. The lowest BCUT2D eigenvalue weighted by molar-refractivity contribution is 0.565. The van der Waals surface area contributed by atoms with Crippen LogP contribution in [0.1, 0.15) is 5.82 Å². The monoisotopic (exact) mass is 227 g/mol. The molecule has 0 N–H and O–H groups in total. The minimum atomic E-state index is 0.524. The standard InChI is InChI=1S/C12H13N5/c1-16(2)8-9(7-13)12-15-11-10(17(12)3)5-4-6-14-11/h4-6,8H,1-3H3/b9-8+. The van der Waals surface area contributed by atoms with Crippen molar-refractivity contribution < 1.29 is 0 Å². The molecule has 2 aromatic heterocycles. The van der Waals surface area contributed by atoms with Crippen LogP contribution in [0.15, 0.2) is 24.5 Å². The third-order valence-electron chi connectivity index (χ3n) is 2.41. The van der Waals surface area contributed by atoms with Gasteiger partial charge in [-0.25, -0.2) is 9.97 Å². The number of aryl methyl sites for hydroxylation is 1. The maximum absolute atomic E-state index is 9.16. The lowest BCUT2D eigenvalue weighted by Gasteiger charge is -2.06. The van der Waals surface area contributed by atoms with E-state index >= 15 is 0 Å². The zero-order valence-electron chi connectivity index (χ0n) is 10.0. The van der Waals surface area contributed by atoms with E-state index in [-0.39, 0.29) is 0 Å². The zero-order valence-corrected chi connectivity index (χ0v) is 10.0. The molecule has 0 amide bonds. The van der Waals surface area contributed by atoms with E-state index in [4.69, 9.17) is 5.26 Å². The number of hydrogen-bond donors (Lipinski definition) is 0. The molecule has 0 fully saturated rings. The normalized spacial score (nSPS) is 11.5. The third kappa shape index (κ3) is 1.97. The van der Waals surface area contributed by atoms with Gasteiger partial charge in [-0.1, -0.05) is 0 Å². The molecule has 0 aliphatic rings. The molecule has 0 aromatic carbocycles. The number of imidazole rings is 1. The molecule has 0 spiro atoms. The maximum Gasteiger partial charge on any atom is 0.178 e. The van der Waals surface area contributed by atoms with E-state index in [9.17, 15) is 0 Å². The lowest BCUT2D eigenvalue weighted by Crippen LogP contribution is -2.04. The Bertz CT molecular complexity index is 615. The maximum atomic E-state index is 9.16. The average Bonchev–Trinajstić information content (AvgIpc) is 2.64. The number of pyridine rings is 1. The van der Waals surface area contributed by atoms with Gasteiger partial charge in [-0.05, 0) is 12.1 Å². The number of allylic oxidation sites excluding steroid dienone is 1. The van der Waals surface area contributed by atoms with E-state index in [0.717, 1.165) is 5.52 Å². The highest BCUT2D eigenvalue weighted by Gasteiger charge is 2.12. The summed E-state index contributed by atoms with van der Waals surface area (Å²) >= 11 is 0. The van der Waals surface area contributed by atoms with Gasteiger partial charge in [-0.3, -0.25) is 0 Å². The van der Waals surface area contributed by atoms with Crippen LogP contribution < -0.4 is 0 Å². The topological polar surface area (TPSA) is 57.7 Å². The number of fused-ring (bicyclic) bond motifs is 1. The number of rotatable bonds is 2. The molecule has 2 rings (SSSR count). The molecule has 0 saturated heterocycles. The summed E-state index contributed by atoms with van der Waals surface area (Å²) in [5.41, 5.74) is 2.10. The fourth-order valence-corrected chi connectivity index (χ4v) is 1.66. The summed E-state index contributed by atoms with van der Waals surface area (Å²) in [6, 6.07) is 5.95.